The van der Waals surface area contributed by atoms with E-state index in [1.54, 1.807) is 13.1 Å². The van der Waals surface area contributed by atoms with Gasteiger partial charge in [0.2, 0.25) is 0 Å². The van der Waals surface area contributed by atoms with Gasteiger partial charge in [0.25, 0.3) is 0 Å². The van der Waals surface area contributed by atoms with Crippen molar-refractivity contribution in [1.29, 1.82) is 0 Å². The van der Waals surface area contributed by atoms with Gasteiger partial charge < -0.3 is 24.9 Å². The highest BCUT2D eigenvalue weighted by Crippen LogP contribution is 2.20. The minimum Gasteiger partial charge on any atom is -0.366 e. The van der Waals surface area contributed by atoms with E-state index in [0.29, 0.717) is 12.2 Å². The third kappa shape index (κ3) is 6.00. The predicted molar refractivity (Wildman–Crippen MR) is 140 cm³/mol. The van der Waals surface area contributed by atoms with E-state index in [4.69, 9.17) is 0 Å². The van der Waals surface area contributed by atoms with Crippen molar-refractivity contribution in [3.8, 4) is 0 Å². The summed E-state index contributed by atoms with van der Waals surface area (Å²) in [5.41, 5.74) is 1.81. The average Bonchev–Trinajstić information content (AvgIpc) is 2.81. The van der Waals surface area contributed by atoms with Crippen molar-refractivity contribution in [2.45, 2.75) is 6.54 Å². The van der Waals surface area contributed by atoms with Gasteiger partial charge >= 0.3 is 0 Å². The first-order valence-electron chi connectivity index (χ1n) is 11.0. The molecule has 32 heavy (non-hydrogen) atoms. The molecule has 0 unspecified atom stereocenters. The SMILES string of the molecule is CN=C(NCc1ccc(N2CCN(C)CC2)nc1)N1CCN(c2ccccc2F)CC1.I. The van der Waals surface area contributed by atoms with Crippen LogP contribution in [0.1, 0.15) is 5.56 Å². The summed E-state index contributed by atoms with van der Waals surface area (Å²) >= 11 is 0. The average molecular weight is 553 g/mol. The third-order valence-corrected chi connectivity index (χ3v) is 6.07. The highest BCUT2D eigenvalue weighted by Gasteiger charge is 2.21. The number of nitrogens with zero attached hydrogens (tertiary/aromatic N) is 6. The fourth-order valence-corrected chi connectivity index (χ4v) is 4.12. The summed E-state index contributed by atoms with van der Waals surface area (Å²) in [6.07, 6.45) is 1.95. The Kier molecular flexibility index (Phi) is 8.92. The van der Waals surface area contributed by atoms with Crippen LogP contribution in [-0.2, 0) is 6.54 Å². The number of likely N-dealkylation sites (N-methyl/N-ethyl adjacent to an activating group) is 1. The molecule has 2 aliphatic rings. The van der Waals surface area contributed by atoms with Gasteiger partial charge in [0.1, 0.15) is 11.6 Å². The standard InChI is InChI=1S/C23H32FN7.HI/c1-25-23(31-15-13-29(14-16-31)21-6-4-3-5-20(21)24)27-18-19-7-8-22(26-17-19)30-11-9-28(2)10-12-30;/h3-8,17H,9-16,18H2,1-2H3,(H,25,27);1H. The lowest BCUT2D eigenvalue weighted by Gasteiger charge is -2.37. The van der Waals surface area contributed by atoms with Crippen LogP contribution < -0.4 is 15.1 Å². The van der Waals surface area contributed by atoms with Crippen molar-refractivity contribution in [2.24, 2.45) is 4.99 Å². The topological polar surface area (TPSA) is 50.2 Å². The number of benzene rings is 1. The number of piperazine rings is 2. The van der Waals surface area contributed by atoms with Gasteiger partial charge in [0, 0.05) is 72.1 Å². The maximum atomic E-state index is 14.1. The number of guanidine groups is 1. The quantitative estimate of drug-likeness (QED) is 0.357. The van der Waals surface area contributed by atoms with Crippen LogP contribution in [0.3, 0.4) is 0 Å². The Bertz CT molecular complexity index is 876. The zero-order valence-corrected chi connectivity index (χ0v) is 21.2. The number of nitrogens with one attached hydrogen (secondary N) is 1. The number of pyridine rings is 1. The number of halogens is 2. The summed E-state index contributed by atoms with van der Waals surface area (Å²) in [5.74, 6) is 1.76. The Labute approximate surface area is 207 Å². The largest absolute Gasteiger partial charge is 0.366 e. The number of aliphatic imine (C=N–C) groups is 1. The molecular weight excluding hydrogens is 520 g/mol. The second-order valence-corrected chi connectivity index (χ2v) is 8.14. The second-order valence-electron chi connectivity index (χ2n) is 8.14. The molecule has 0 saturated carbocycles. The van der Waals surface area contributed by atoms with Crippen molar-refractivity contribution in [3.05, 3.63) is 54.0 Å². The van der Waals surface area contributed by atoms with Gasteiger partial charge in [-0.15, -0.1) is 24.0 Å². The zero-order chi connectivity index (χ0) is 21.6. The van der Waals surface area contributed by atoms with Crippen LogP contribution in [-0.4, -0.2) is 87.2 Å². The Morgan fingerprint density at radius 1 is 0.969 bits per heavy atom. The molecule has 0 aliphatic carbocycles. The van der Waals surface area contributed by atoms with E-state index in [9.17, 15) is 4.39 Å². The Morgan fingerprint density at radius 2 is 1.66 bits per heavy atom. The lowest BCUT2D eigenvalue weighted by atomic mass is 10.2. The van der Waals surface area contributed by atoms with Crippen molar-refractivity contribution in [1.82, 2.24) is 20.1 Å². The number of rotatable bonds is 4. The highest BCUT2D eigenvalue weighted by molar-refractivity contribution is 14.0. The van der Waals surface area contributed by atoms with E-state index in [-0.39, 0.29) is 29.8 Å². The third-order valence-electron chi connectivity index (χ3n) is 6.07. The molecule has 2 aliphatic heterocycles. The summed E-state index contributed by atoms with van der Waals surface area (Å²) in [7, 11) is 3.96. The molecule has 1 aromatic carbocycles. The molecule has 7 nitrogen and oxygen atoms in total. The van der Waals surface area contributed by atoms with Crippen molar-refractivity contribution in [3.63, 3.8) is 0 Å². The first kappa shape index (κ1) is 24.5. The molecule has 0 amide bonds. The monoisotopic (exact) mass is 553 g/mol. The van der Waals surface area contributed by atoms with Gasteiger partial charge in [-0.1, -0.05) is 18.2 Å². The molecule has 1 N–H and O–H groups in total. The summed E-state index contributed by atoms with van der Waals surface area (Å²) in [6.45, 7) is 8.00. The molecule has 9 heteroatoms. The van der Waals surface area contributed by atoms with E-state index in [0.717, 1.165) is 69.7 Å². The van der Waals surface area contributed by atoms with Crippen LogP contribution in [0.25, 0.3) is 0 Å². The normalized spacial score (nSPS) is 17.8. The zero-order valence-electron chi connectivity index (χ0n) is 18.9. The van der Waals surface area contributed by atoms with Gasteiger partial charge in [0.15, 0.2) is 5.96 Å². The van der Waals surface area contributed by atoms with E-state index in [1.165, 1.54) is 6.07 Å². The summed E-state index contributed by atoms with van der Waals surface area (Å²) in [4.78, 5) is 18.1. The van der Waals surface area contributed by atoms with Gasteiger partial charge in [-0.05, 0) is 30.8 Å². The molecular formula is C23H33FIN7. The van der Waals surface area contributed by atoms with Crippen molar-refractivity contribution in [2.75, 3.05) is 76.3 Å². The van der Waals surface area contributed by atoms with Crippen LogP contribution >= 0.6 is 24.0 Å². The maximum Gasteiger partial charge on any atom is 0.194 e. The van der Waals surface area contributed by atoms with E-state index >= 15 is 0 Å². The van der Waals surface area contributed by atoms with Crippen molar-refractivity contribution < 1.29 is 4.39 Å². The Hall–Kier alpha value is -2.14. The first-order valence-corrected chi connectivity index (χ1v) is 11.0. The number of hydrogen-bond acceptors (Lipinski definition) is 5. The first-order chi connectivity index (χ1) is 15.1. The van der Waals surface area contributed by atoms with Crippen LogP contribution in [0.5, 0.6) is 0 Å². The molecule has 0 bridgehead atoms. The number of hydrogen-bond donors (Lipinski definition) is 1. The molecule has 3 heterocycles. The van der Waals surface area contributed by atoms with E-state index in [2.05, 4.69) is 54.1 Å². The minimum atomic E-state index is -0.161. The maximum absolute atomic E-state index is 14.1. The molecule has 0 radical (unpaired) electrons. The molecule has 2 fully saturated rings. The van der Waals surface area contributed by atoms with Crippen LogP contribution in [0.2, 0.25) is 0 Å². The second kappa shape index (κ2) is 11.6. The summed E-state index contributed by atoms with van der Waals surface area (Å²) in [6, 6.07) is 11.2. The van der Waals surface area contributed by atoms with Crippen LogP contribution in [0.4, 0.5) is 15.9 Å². The molecule has 2 aromatic rings. The summed E-state index contributed by atoms with van der Waals surface area (Å²) < 4.78 is 14.1. The molecule has 0 spiro atoms. The fourth-order valence-electron chi connectivity index (χ4n) is 4.12. The summed E-state index contributed by atoms with van der Waals surface area (Å²) in [5, 5.41) is 3.45. The molecule has 174 valence electrons. The molecule has 4 rings (SSSR count). The lowest BCUT2D eigenvalue weighted by Crippen LogP contribution is -2.52. The van der Waals surface area contributed by atoms with Crippen LogP contribution in [0.15, 0.2) is 47.6 Å². The Balaban J connectivity index is 0.00000289. The van der Waals surface area contributed by atoms with E-state index in [1.807, 2.05) is 18.3 Å². The minimum absolute atomic E-state index is 0. The number of aromatic nitrogens is 1. The smallest absolute Gasteiger partial charge is 0.194 e. The highest BCUT2D eigenvalue weighted by atomic mass is 127. The fraction of sp³-hybridized carbons (Fsp3) is 0.478. The molecule has 0 atom stereocenters. The van der Waals surface area contributed by atoms with Gasteiger partial charge in [-0.2, -0.15) is 0 Å². The van der Waals surface area contributed by atoms with Crippen molar-refractivity contribution >= 4 is 41.4 Å². The predicted octanol–water partition coefficient (Wildman–Crippen LogP) is 2.49. The van der Waals surface area contributed by atoms with Gasteiger partial charge in [-0.3, -0.25) is 4.99 Å². The van der Waals surface area contributed by atoms with Gasteiger partial charge in [-0.25, -0.2) is 9.37 Å². The number of para-hydroxylation sites is 1. The van der Waals surface area contributed by atoms with E-state index < -0.39 is 0 Å². The lowest BCUT2D eigenvalue weighted by molar-refractivity contribution is 0.312. The Morgan fingerprint density at radius 3 is 2.28 bits per heavy atom. The molecule has 1 aromatic heterocycles. The van der Waals surface area contributed by atoms with Gasteiger partial charge in [0.05, 0.1) is 5.69 Å². The molecule has 2 saturated heterocycles. The van der Waals surface area contributed by atoms with Crippen LogP contribution in [0, 0.1) is 5.82 Å². The number of anilines is 2.